The number of urea groups is 1. The number of hydrogen-bond donors (Lipinski definition) is 1. The van der Waals surface area contributed by atoms with Gasteiger partial charge in [0.25, 0.3) is 0 Å². The standard InChI is InChI=1S/C15H18N4O2/c20-14-11-19(15(21)17-14)16-10-12-4-6-13(7-5-12)18-8-2-1-3-9-18/h4-7,10H,1-3,8-9,11H2,(H,17,20,21)/b16-10-. The Hall–Kier alpha value is -2.37. The van der Waals surface area contributed by atoms with Gasteiger partial charge in [-0.15, -0.1) is 0 Å². The number of piperidine rings is 1. The van der Waals surface area contributed by atoms with Crippen molar-refractivity contribution in [2.75, 3.05) is 24.5 Å². The number of benzene rings is 1. The van der Waals surface area contributed by atoms with Crippen LogP contribution in [0.2, 0.25) is 0 Å². The fraction of sp³-hybridized carbons (Fsp3) is 0.400. The largest absolute Gasteiger partial charge is 0.372 e. The Morgan fingerprint density at radius 2 is 1.76 bits per heavy atom. The number of hydrogen-bond acceptors (Lipinski definition) is 4. The number of hydrazone groups is 1. The smallest absolute Gasteiger partial charge is 0.344 e. The maximum Gasteiger partial charge on any atom is 0.344 e. The molecule has 0 spiro atoms. The highest BCUT2D eigenvalue weighted by molar-refractivity contribution is 6.02. The van der Waals surface area contributed by atoms with E-state index >= 15 is 0 Å². The highest BCUT2D eigenvalue weighted by Gasteiger charge is 2.25. The van der Waals surface area contributed by atoms with Crippen molar-refractivity contribution in [3.05, 3.63) is 29.8 Å². The van der Waals surface area contributed by atoms with Gasteiger partial charge in [-0.3, -0.25) is 10.1 Å². The van der Waals surface area contributed by atoms with E-state index in [9.17, 15) is 9.59 Å². The van der Waals surface area contributed by atoms with Gasteiger partial charge in [-0.1, -0.05) is 12.1 Å². The van der Waals surface area contributed by atoms with Crippen LogP contribution in [0.15, 0.2) is 29.4 Å². The van der Waals surface area contributed by atoms with Crippen LogP contribution in [0.4, 0.5) is 10.5 Å². The van der Waals surface area contributed by atoms with E-state index in [1.165, 1.54) is 24.9 Å². The predicted octanol–water partition coefficient (Wildman–Crippen LogP) is 1.56. The van der Waals surface area contributed by atoms with E-state index < -0.39 is 6.03 Å². The molecule has 110 valence electrons. The molecule has 0 atom stereocenters. The summed E-state index contributed by atoms with van der Waals surface area (Å²) >= 11 is 0. The van der Waals surface area contributed by atoms with E-state index in [1.54, 1.807) is 6.21 Å². The van der Waals surface area contributed by atoms with E-state index in [0.29, 0.717) is 0 Å². The lowest BCUT2D eigenvalue weighted by Gasteiger charge is -2.28. The molecule has 1 N–H and O–H groups in total. The monoisotopic (exact) mass is 286 g/mol. The van der Waals surface area contributed by atoms with Crippen molar-refractivity contribution in [2.24, 2.45) is 5.10 Å². The molecule has 6 nitrogen and oxygen atoms in total. The number of carbonyl (C=O) groups excluding carboxylic acids is 2. The summed E-state index contributed by atoms with van der Waals surface area (Å²) in [6.45, 7) is 2.22. The number of anilines is 1. The van der Waals surface area contributed by atoms with E-state index in [2.05, 4.69) is 27.5 Å². The molecular weight excluding hydrogens is 268 g/mol. The van der Waals surface area contributed by atoms with Crippen molar-refractivity contribution in [1.29, 1.82) is 0 Å². The summed E-state index contributed by atoms with van der Waals surface area (Å²) in [5.41, 5.74) is 2.13. The zero-order valence-electron chi connectivity index (χ0n) is 11.8. The lowest BCUT2D eigenvalue weighted by Crippen LogP contribution is -2.29. The highest BCUT2D eigenvalue weighted by atomic mass is 16.2. The molecule has 0 aliphatic carbocycles. The summed E-state index contributed by atoms with van der Waals surface area (Å²) in [5, 5.41) is 7.34. The first-order valence-electron chi connectivity index (χ1n) is 7.23. The number of amides is 3. The minimum atomic E-state index is -0.471. The average molecular weight is 286 g/mol. The minimum absolute atomic E-state index is 0.0127. The summed E-state index contributed by atoms with van der Waals surface area (Å²) in [6.07, 6.45) is 5.42. The highest BCUT2D eigenvalue weighted by Crippen LogP contribution is 2.19. The fourth-order valence-electron chi connectivity index (χ4n) is 2.58. The Morgan fingerprint density at radius 3 is 2.38 bits per heavy atom. The van der Waals surface area contributed by atoms with Gasteiger partial charge in [0.05, 0.1) is 6.21 Å². The maximum atomic E-state index is 11.3. The molecule has 0 bridgehead atoms. The van der Waals surface area contributed by atoms with Gasteiger partial charge in [0, 0.05) is 18.8 Å². The Morgan fingerprint density at radius 1 is 1.05 bits per heavy atom. The zero-order chi connectivity index (χ0) is 14.7. The van der Waals surface area contributed by atoms with Gasteiger partial charge in [-0.2, -0.15) is 5.10 Å². The van der Waals surface area contributed by atoms with E-state index in [0.717, 1.165) is 23.7 Å². The van der Waals surface area contributed by atoms with E-state index in [-0.39, 0.29) is 12.5 Å². The molecule has 2 heterocycles. The van der Waals surface area contributed by atoms with Crippen LogP contribution in [0.25, 0.3) is 0 Å². The Kier molecular flexibility index (Phi) is 3.85. The van der Waals surface area contributed by atoms with Crippen LogP contribution in [0.3, 0.4) is 0 Å². The van der Waals surface area contributed by atoms with Gasteiger partial charge in [0.2, 0.25) is 5.91 Å². The number of nitrogens with one attached hydrogen (secondary N) is 1. The van der Waals surface area contributed by atoms with Gasteiger partial charge in [0.1, 0.15) is 6.54 Å². The zero-order valence-corrected chi connectivity index (χ0v) is 11.8. The van der Waals surface area contributed by atoms with Crippen molar-refractivity contribution in [1.82, 2.24) is 10.3 Å². The number of carbonyl (C=O) groups is 2. The SMILES string of the molecule is O=C1CN(/N=C\c2ccc(N3CCCCC3)cc2)C(=O)N1. The van der Waals surface area contributed by atoms with Crippen molar-refractivity contribution in [2.45, 2.75) is 19.3 Å². The second-order valence-corrected chi connectivity index (χ2v) is 5.29. The van der Waals surface area contributed by atoms with Crippen LogP contribution in [0, 0.1) is 0 Å². The Bertz CT molecular complexity index is 562. The fourth-order valence-corrected chi connectivity index (χ4v) is 2.58. The lowest BCUT2D eigenvalue weighted by molar-refractivity contribution is -0.118. The van der Waals surface area contributed by atoms with Crippen LogP contribution in [0.1, 0.15) is 24.8 Å². The number of nitrogens with zero attached hydrogens (tertiary/aromatic N) is 3. The first kappa shape index (κ1) is 13.6. The molecule has 0 unspecified atom stereocenters. The van der Waals surface area contributed by atoms with Gasteiger partial charge < -0.3 is 4.90 Å². The third-order valence-electron chi connectivity index (χ3n) is 3.73. The van der Waals surface area contributed by atoms with Crippen molar-refractivity contribution < 1.29 is 9.59 Å². The van der Waals surface area contributed by atoms with Crippen LogP contribution < -0.4 is 10.2 Å². The molecule has 0 aromatic heterocycles. The molecule has 0 saturated carbocycles. The summed E-state index contributed by atoms with van der Waals surface area (Å²) in [5.74, 6) is -0.322. The molecule has 1 aromatic rings. The average Bonchev–Trinajstić information content (AvgIpc) is 2.84. The predicted molar refractivity (Wildman–Crippen MR) is 80.3 cm³/mol. The first-order chi connectivity index (χ1) is 10.2. The van der Waals surface area contributed by atoms with Crippen LogP contribution in [-0.4, -0.2) is 42.8 Å². The molecule has 2 fully saturated rings. The molecule has 2 saturated heterocycles. The first-order valence-corrected chi connectivity index (χ1v) is 7.23. The van der Waals surface area contributed by atoms with Crippen LogP contribution in [0.5, 0.6) is 0 Å². The number of imide groups is 1. The maximum absolute atomic E-state index is 11.3. The quantitative estimate of drug-likeness (QED) is 0.677. The minimum Gasteiger partial charge on any atom is -0.372 e. The van der Waals surface area contributed by atoms with Crippen molar-refractivity contribution in [3.8, 4) is 0 Å². The third kappa shape index (κ3) is 3.21. The number of rotatable bonds is 3. The summed E-state index contributed by atoms with van der Waals surface area (Å²) in [4.78, 5) is 24.8. The lowest BCUT2D eigenvalue weighted by atomic mass is 10.1. The Balaban J connectivity index is 1.64. The molecule has 21 heavy (non-hydrogen) atoms. The molecule has 6 heteroatoms. The molecule has 3 rings (SSSR count). The Labute approximate surface area is 123 Å². The summed E-state index contributed by atoms with van der Waals surface area (Å²) in [6, 6.07) is 7.62. The molecule has 2 aliphatic heterocycles. The van der Waals surface area contributed by atoms with E-state index in [4.69, 9.17) is 0 Å². The van der Waals surface area contributed by atoms with Crippen molar-refractivity contribution >= 4 is 23.8 Å². The molecule has 1 aromatic carbocycles. The second kappa shape index (κ2) is 5.95. The topological polar surface area (TPSA) is 65.0 Å². The van der Waals surface area contributed by atoms with Gasteiger partial charge >= 0.3 is 6.03 Å². The van der Waals surface area contributed by atoms with Crippen molar-refractivity contribution in [3.63, 3.8) is 0 Å². The third-order valence-corrected chi connectivity index (χ3v) is 3.73. The van der Waals surface area contributed by atoms with Gasteiger partial charge in [0.15, 0.2) is 0 Å². The van der Waals surface area contributed by atoms with E-state index in [1.807, 2.05) is 12.1 Å². The molecule has 0 radical (unpaired) electrons. The van der Waals surface area contributed by atoms with Gasteiger partial charge in [-0.25, -0.2) is 9.80 Å². The molecule has 2 aliphatic rings. The summed E-state index contributed by atoms with van der Waals surface area (Å²) in [7, 11) is 0. The summed E-state index contributed by atoms with van der Waals surface area (Å²) < 4.78 is 0. The second-order valence-electron chi connectivity index (χ2n) is 5.29. The normalized spacial score (nSPS) is 19.4. The van der Waals surface area contributed by atoms with Crippen LogP contribution >= 0.6 is 0 Å². The molecule has 3 amide bonds. The van der Waals surface area contributed by atoms with Gasteiger partial charge in [-0.05, 0) is 37.0 Å². The molecular formula is C15H18N4O2. The van der Waals surface area contributed by atoms with Crippen LogP contribution in [-0.2, 0) is 4.79 Å².